The molecule has 0 aliphatic carbocycles. The third kappa shape index (κ3) is 2.44. The van der Waals surface area contributed by atoms with Crippen LogP contribution in [0.25, 0.3) is 0 Å². The second kappa shape index (κ2) is 4.55. The van der Waals surface area contributed by atoms with Crippen LogP contribution in [0.2, 0.25) is 0 Å². The average molecular weight is 349 g/mol. The lowest BCUT2D eigenvalue weighted by atomic mass is 10.2. The van der Waals surface area contributed by atoms with Crippen molar-refractivity contribution in [2.75, 3.05) is 5.73 Å². The van der Waals surface area contributed by atoms with E-state index in [1.165, 1.54) is 6.07 Å². The first-order valence-electron chi connectivity index (χ1n) is 4.48. The number of hydrogen-bond acceptors (Lipinski definition) is 2. The van der Waals surface area contributed by atoms with Crippen LogP contribution in [0, 0.1) is 5.82 Å². The van der Waals surface area contributed by atoms with E-state index in [0.717, 1.165) is 10.0 Å². The number of hydrogen-bond donors (Lipinski definition) is 1. The third-order valence-electron chi connectivity index (χ3n) is 2.07. The molecule has 84 valence electrons. The van der Waals surface area contributed by atoms with Crippen molar-refractivity contribution >= 4 is 37.7 Å². The highest BCUT2D eigenvalue weighted by Gasteiger charge is 2.04. The fourth-order valence-corrected chi connectivity index (χ4v) is 2.06. The second-order valence-corrected chi connectivity index (χ2v) is 5.02. The second-order valence-electron chi connectivity index (χ2n) is 3.31. The van der Waals surface area contributed by atoms with E-state index in [-0.39, 0.29) is 5.82 Å². The highest BCUT2D eigenvalue weighted by atomic mass is 79.9. The van der Waals surface area contributed by atoms with Gasteiger partial charge in [-0.3, -0.25) is 4.68 Å². The fourth-order valence-electron chi connectivity index (χ4n) is 1.32. The molecule has 0 bridgehead atoms. The smallest absolute Gasteiger partial charge is 0.159 e. The van der Waals surface area contributed by atoms with E-state index in [2.05, 4.69) is 37.0 Å². The fraction of sp³-hybridized carbons (Fsp3) is 0.100. The van der Waals surface area contributed by atoms with E-state index in [9.17, 15) is 4.39 Å². The number of aromatic nitrogens is 2. The Bertz CT molecular complexity index is 505. The van der Waals surface area contributed by atoms with Crippen LogP contribution in [0.1, 0.15) is 5.56 Å². The zero-order valence-corrected chi connectivity index (χ0v) is 11.3. The maximum Gasteiger partial charge on any atom is 0.159 e. The standard InChI is InChI=1S/C10H8Br2FN3/c11-7-3-6(1-2-9(7)13)4-16-5-8(12)10(14)15-16/h1-3,5H,4H2,(H2,14,15). The van der Waals surface area contributed by atoms with Gasteiger partial charge in [0, 0.05) is 6.20 Å². The minimum Gasteiger partial charge on any atom is -0.381 e. The molecule has 6 heteroatoms. The Balaban J connectivity index is 2.23. The molecule has 0 amide bonds. The maximum absolute atomic E-state index is 13.0. The Morgan fingerprint density at radius 1 is 1.31 bits per heavy atom. The topological polar surface area (TPSA) is 43.8 Å². The quantitative estimate of drug-likeness (QED) is 0.905. The molecule has 0 saturated carbocycles. The number of rotatable bonds is 2. The van der Waals surface area contributed by atoms with Gasteiger partial charge in [-0.15, -0.1) is 0 Å². The van der Waals surface area contributed by atoms with Crippen LogP contribution in [-0.2, 0) is 6.54 Å². The number of nitrogens with two attached hydrogens (primary N) is 1. The van der Waals surface area contributed by atoms with Crippen molar-refractivity contribution in [3.05, 3.63) is 44.7 Å². The van der Waals surface area contributed by atoms with Gasteiger partial charge in [0.15, 0.2) is 5.82 Å². The van der Waals surface area contributed by atoms with Crippen molar-refractivity contribution in [3.8, 4) is 0 Å². The van der Waals surface area contributed by atoms with Gasteiger partial charge in [0.2, 0.25) is 0 Å². The lowest BCUT2D eigenvalue weighted by Crippen LogP contribution is -2.01. The molecule has 1 aromatic heterocycles. The summed E-state index contributed by atoms with van der Waals surface area (Å²) in [5.41, 5.74) is 6.55. The molecule has 1 heterocycles. The maximum atomic E-state index is 13.0. The van der Waals surface area contributed by atoms with Crippen LogP contribution < -0.4 is 5.73 Å². The van der Waals surface area contributed by atoms with Gasteiger partial charge in [-0.1, -0.05) is 6.07 Å². The number of halogens is 3. The van der Waals surface area contributed by atoms with Gasteiger partial charge >= 0.3 is 0 Å². The summed E-state index contributed by atoms with van der Waals surface area (Å²) in [4.78, 5) is 0. The van der Waals surface area contributed by atoms with Crippen molar-refractivity contribution in [1.82, 2.24) is 9.78 Å². The first-order chi connectivity index (χ1) is 7.56. The van der Waals surface area contributed by atoms with Crippen molar-refractivity contribution < 1.29 is 4.39 Å². The molecule has 0 fully saturated rings. The summed E-state index contributed by atoms with van der Waals surface area (Å²) < 4.78 is 15.9. The van der Waals surface area contributed by atoms with Crippen molar-refractivity contribution in [1.29, 1.82) is 0 Å². The Morgan fingerprint density at radius 2 is 2.06 bits per heavy atom. The summed E-state index contributed by atoms with van der Waals surface area (Å²) in [6, 6.07) is 4.86. The lowest BCUT2D eigenvalue weighted by Gasteiger charge is -2.02. The highest BCUT2D eigenvalue weighted by Crippen LogP contribution is 2.20. The van der Waals surface area contributed by atoms with Crippen LogP contribution in [0.15, 0.2) is 33.3 Å². The van der Waals surface area contributed by atoms with Crippen LogP contribution in [0.3, 0.4) is 0 Å². The van der Waals surface area contributed by atoms with Gasteiger partial charge < -0.3 is 5.73 Å². The van der Waals surface area contributed by atoms with Gasteiger partial charge in [-0.25, -0.2) is 4.39 Å². The highest BCUT2D eigenvalue weighted by molar-refractivity contribution is 9.10. The molecular weight excluding hydrogens is 341 g/mol. The Morgan fingerprint density at radius 3 is 2.62 bits per heavy atom. The summed E-state index contributed by atoms with van der Waals surface area (Å²) in [5, 5.41) is 4.10. The summed E-state index contributed by atoms with van der Waals surface area (Å²) in [7, 11) is 0. The van der Waals surface area contributed by atoms with Gasteiger partial charge in [-0.05, 0) is 49.6 Å². The molecule has 0 atom stereocenters. The third-order valence-corrected chi connectivity index (χ3v) is 3.29. The van der Waals surface area contributed by atoms with Crippen LogP contribution >= 0.6 is 31.9 Å². The van der Waals surface area contributed by atoms with Gasteiger partial charge in [-0.2, -0.15) is 5.10 Å². The van der Waals surface area contributed by atoms with Crippen molar-refractivity contribution in [3.63, 3.8) is 0 Å². The molecule has 0 aliphatic rings. The lowest BCUT2D eigenvalue weighted by molar-refractivity contribution is 0.617. The molecule has 3 nitrogen and oxygen atoms in total. The molecule has 2 rings (SSSR count). The summed E-state index contributed by atoms with van der Waals surface area (Å²) in [5.74, 6) is 0.172. The van der Waals surface area contributed by atoms with E-state index in [1.807, 2.05) is 0 Å². The predicted octanol–water partition coefficient (Wildman–Crippen LogP) is 3.18. The zero-order chi connectivity index (χ0) is 11.7. The monoisotopic (exact) mass is 347 g/mol. The first-order valence-corrected chi connectivity index (χ1v) is 6.07. The molecule has 2 N–H and O–H groups in total. The van der Waals surface area contributed by atoms with E-state index < -0.39 is 0 Å². The minimum atomic E-state index is -0.273. The number of anilines is 1. The Kier molecular flexibility index (Phi) is 3.30. The number of nitrogens with zero attached hydrogens (tertiary/aromatic N) is 2. The normalized spacial score (nSPS) is 10.7. The average Bonchev–Trinajstić information content (AvgIpc) is 2.52. The molecule has 1 aromatic carbocycles. The predicted molar refractivity (Wildman–Crippen MR) is 67.5 cm³/mol. The SMILES string of the molecule is Nc1nn(Cc2ccc(F)c(Br)c2)cc1Br. The summed E-state index contributed by atoms with van der Waals surface area (Å²) in [6.07, 6.45) is 1.78. The van der Waals surface area contributed by atoms with E-state index in [0.29, 0.717) is 16.8 Å². The first kappa shape index (κ1) is 11.6. The molecule has 0 saturated heterocycles. The van der Waals surface area contributed by atoms with E-state index >= 15 is 0 Å². The van der Waals surface area contributed by atoms with Gasteiger partial charge in [0.25, 0.3) is 0 Å². The van der Waals surface area contributed by atoms with Crippen LogP contribution in [0.4, 0.5) is 10.2 Å². The minimum absolute atomic E-state index is 0.273. The van der Waals surface area contributed by atoms with Crippen molar-refractivity contribution in [2.24, 2.45) is 0 Å². The molecule has 0 unspecified atom stereocenters. The molecular formula is C10H8Br2FN3. The summed E-state index contributed by atoms with van der Waals surface area (Å²) >= 11 is 6.42. The van der Waals surface area contributed by atoms with E-state index in [4.69, 9.17) is 5.73 Å². The van der Waals surface area contributed by atoms with Gasteiger partial charge in [0.05, 0.1) is 15.5 Å². The molecule has 16 heavy (non-hydrogen) atoms. The Labute approximate surface area is 109 Å². The molecule has 0 radical (unpaired) electrons. The zero-order valence-electron chi connectivity index (χ0n) is 8.12. The molecule has 2 aromatic rings. The van der Waals surface area contributed by atoms with Crippen molar-refractivity contribution in [2.45, 2.75) is 6.54 Å². The van der Waals surface area contributed by atoms with Crippen LogP contribution in [0.5, 0.6) is 0 Å². The van der Waals surface area contributed by atoms with E-state index in [1.54, 1.807) is 23.0 Å². The molecule has 0 spiro atoms. The Hall–Kier alpha value is -0.880. The number of benzene rings is 1. The number of nitrogen functional groups attached to an aromatic ring is 1. The molecule has 0 aliphatic heterocycles. The summed E-state index contributed by atoms with van der Waals surface area (Å²) in [6.45, 7) is 0.550. The van der Waals surface area contributed by atoms with Gasteiger partial charge in [0.1, 0.15) is 5.82 Å². The van der Waals surface area contributed by atoms with Crippen LogP contribution in [-0.4, -0.2) is 9.78 Å². The largest absolute Gasteiger partial charge is 0.381 e.